The highest BCUT2D eigenvalue weighted by Gasteiger charge is 2.11. The number of esters is 1. The summed E-state index contributed by atoms with van der Waals surface area (Å²) in [4.78, 5) is 11.8. The molecule has 2 aromatic rings. The average Bonchev–Trinajstić information content (AvgIpc) is 2.43. The molecule has 0 aliphatic rings. The van der Waals surface area contributed by atoms with E-state index in [4.69, 9.17) is 22.1 Å². The predicted octanol–water partition coefficient (Wildman–Crippen LogP) is 4.18. The number of carbonyl (C=O) groups excluding carboxylic acids is 1. The summed E-state index contributed by atoms with van der Waals surface area (Å²) < 4.78 is 18.7. The van der Waals surface area contributed by atoms with E-state index in [1.165, 1.54) is 24.3 Å². The second-order valence-electron chi connectivity index (χ2n) is 4.03. The van der Waals surface area contributed by atoms with Crippen LogP contribution < -0.4 is 5.73 Å². The van der Waals surface area contributed by atoms with Gasteiger partial charge in [-0.25, -0.2) is 9.18 Å². The number of carbonyl (C=O) groups is 1. The third-order valence-electron chi connectivity index (χ3n) is 2.63. The van der Waals surface area contributed by atoms with Gasteiger partial charge in [-0.2, -0.15) is 0 Å². The number of nitrogens with two attached hydrogens (primary N) is 1. The van der Waals surface area contributed by atoms with Gasteiger partial charge >= 0.3 is 5.97 Å². The molecule has 0 amide bonds. The molecule has 0 heterocycles. The molecule has 0 aromatic heterocycles. The van der Waals surface area contributed by atoms with Crippen molar-refractivity contribution in [2.45, 2.75) is 6.61 Å². The largest absolute Gasteiger partial charge is 0.457 e. The molecule has 20 heavy (non-hydrogen) atoms. The number of benzene rings is 2. The number of rotatable bonds is 3. The Morgan fingerprint density at radius 2 is 2.10 bits per heavy atom. The summed E-state index contributed by atoms with van der Waals surface area (Å²) >= 11 is 8.93. The first-order valence-electron chi connectivity index (χ1n) is 5.64. The Kier molecular flexibility index (Phi) is 4.62. The third-order valence-corrected chi connectivity index (χ3v) is 3.84. The van der Waals surface area contributed by atoms with Crippen molar-refractivity contribution in [3.05, 3.63) is 62.8 Å². The minimum absolute atomic E-state index is 0.0425. The molecule has 0 saturated heterocycles. The Morgan fingerprint density at radius 3 is 2.80 bits per heavy atom. The van der Waals surface area contributed by atoms with Gasteiger partial charge in [0.25, 0.3) is 0 Å². The molecular weight excluding hydrogens is 349 g/mol. The zero-order chi connectivity index (χ0) is 14.7. The molecule has 0 aliphatic carbocycles. The van der Waals surface area contributed by atoms with E-state index in [0.717, 1.165) is 0 Å². The van der Waals surface area contributed by atoms with Gasteiger partial charge in [-0.15, -0.1) is 0 Å². The Hall–Kier alpha value is -1.59. The molecule has 2 rings (SSSR count). The molecule has 0 spiro atoms. The van der Waals surface area contributed by atoms with Crippen molar-refractivity contribution in [2.75, 3.05) is 5.73 Å². The maximum absolute atomic E-state index is 13.3. The lowest BCUT2D eigenvalue weighted by atomic mass is 10.2. The molecular formula is C14H10BrClFNO2. The van der Waals surface area contributed by atoms with Crippen molar-refractivity contribution in [1.82, 2.24) is 0 Å². The summed E-state index contributed by atoms with van der Waals surface area (Å²) in [5.41, 5.74) is 6.77. The number of hydrogen-bond donors (Lipinski definition) is 1. The molecule has 0 bridgehead atoms. The molecule has 0 fully saturated rings. The van der Waals surface area contributed by atoms with Crippen molar-refractivity contribution < 1.29 is 13.9 Å². The lowest BCUT2D eigenvalue weighted by Gasteiger charge is -2.08. The molecule has 0 radical (unpaired) electrons. The van der Waals surface area contributed by atoms with Crippen molar-refractivity contribution in [3.63, 3.8) is 0 Å². The fraction of sp³-hybridized carbons (Fsp3) is 0.0714. The summed E-state index contributed by atoms with van der Waals surface area (Å²) in [5, 5.41) is 0.284. The van der Waals surface area contributed by atoms with E-state index in [-0.39, 0.29) is 21.7 Å². The van der Waals surface area contributed by atoms with Crippen LogP contribution in [0.4, 0.5) is 10.1 Å². The molecule has 0 atom stereocenters. The van der Waals surface area contributed by atoms with Crippen LogP contribution in [-0.4, -0.2) is 5.97 Å². The number of hydrogen-bond acceptors (Lipinski definition) is 3. The van der Waals surface area contributed by atoms with E-state index >= 15 is 0 Å². The Bertz CT molecular complexity index is 664. The second-order valence-corrected chi connectivity index (χ2v) is 5.23. The van der Waals surface area contributed by atoms with Gasteiger partial charge in [0.2, 0.25) is 0 Å². The van der Waals surface area contributed by atoms with Crippen LogP contribution in [0.15, 0.2) is 40.9 Å². The van der Waals surface area contributed by atoms with E-state index in [2.05, 4.69) is 15.9 Å². The second kappa shape index (κ2) is 6.24. The topological polar surface area (TPSA) is 52.3 Å². The van der Waals surface area contributed by atoms with Gasteiger partial charge in [-0.1, -0.05) is 23.7 Å². The molecule has 0 aliphatic heterocycles. The van der Waals surface area contributed by atoms with Gasteiger partial charge in [-0.05, 0) is 40.2 Å². The van der Waals surface area contributed by atoms with Crippen LogP contribution in [0.3, 0.4) is 0 Å². The standard InChI is InChI=1S/C14H10BrClFNO2/c15-13-9(2-1-3-11(13)17)7-20-14(19)8-4-5-12(18)10(16)6-8/h1-6H,7,18H2. The quantitative estimate of drug-likeness (QED) is 0.661. The predicted molar refractivity (Wildman–Crippen MR) is 79.1 cm³/mol. The van der Waals surface area contributed by atoms with Crippen molar-refractivity contribution in [2.24, 2.45) is 0 Å². The minimum Gasteiger partial charge on any atom is -0.457 e. The summed E-state index contributed by atoms with van der Waals surface area (Å²) in [7, 11) is 0. The number of anilines is 1. The van der Waals surface area contributed by atoms with Crippen molar-refractivity contribution >= 4 is 39.2 Å². The smallest absolute Gasteiger partial charge is 0.338 e. The highest BCUT2D eigenvalue weighted by Crippen LogP contribution is 2.23. The van der Waals surface area contributed by atoms with E-state index in [9.17, 15) is 9.18 Å². The maximum Gasteiger partial charge on any atom is 0.338 e. The average molecular weight is 359 g/mol. The van der Waals surface area contributed by atoms with E-state index in [0.29, 0.717) is 11.3 Å². The molecule has 0 saturated carbocycles. The molecule has 2 N–H and O–H groups in total. The van der Waals surface area contributed by atoms with Crippen LogP contribution >= 0.6 is 27.5 Å². The lowest BCUT2D eigenvalue weighted by Crippen LogP contribution is -2.06. The van der Waals surface area contributed by atoms with Crippen molar-refractivity contribution in [1.29, 1.82) is 0 Å². The normalized spacial score (nSPS) is 10.3. The Morgan fingerprint density at radius 1 is 1.35 bits per heavy atom. The first-order chi connectivity index (χ1) is 9.49. The van der Waals surface area contributed by atoms with Gasteiger partial charge in [-0.3, -0.25) is 0 Å². The fourth-order valence-electron chi connectivity index (χ4n) is 1.54. The number of halogens is 3. The molecule has 3 nitrogen and oxygen atoms in total. The summed E-state index contributed by atoms with van der Waals surface area (Å²) in [6.45, 7) is -0.0425. The fourth-order valence-corrected chi connectivity index (χ4v) is 2.10. The van der Waals surface area contributed by atoms with Crippen LogP contribution in [0.5, 0.6) is 0 Å². The van der Waals surface area contributed by atoms with Crippen LogP contribution in [0.25, 0.3) is 0 Å². The zero-order valence-electron chi connectivity index (χ0n) is 10.2. The Balaban J connectivity index is 2.08. The van der Waals surface area contributed by atoms with E-state index in [1.807, 2.05) is 0 Å². The third kappa shape index (κ3) is 3.29. The number of nitrogen functional groups attached to an aromatic ring is 1. The number of ether oxygens (including phenoxy) is 1. The van der Waals surface area contributed by atoms with Crippen LogP contribution in [0, 0.1) is 5.82 Å². The van der Waals surface area contributed by atoms with Gasteiger partial charge in [0.1, 0.15) is 12.4 Å². The monoisotopic (exact) mass is 357 g/mol. The summed E-state index contributed by atoms with van der Waals surface area (Å²) in [5.74, 6) is -0.961. The first kappa shape index (κ1) is 14.8. The van der Waals surface area contributed by atoms with Gasteiger partial charge in [0.05, 0.1) is 20.7 Å². The lowest BCUT2D eigenvalue weighted by molar-refractivity contribution is 0.0471. The van der Waals surface area contributed by atoms with Gasteiger partial charge in [0.15, 0.2) is 0 Å². The van der Waals surface area contributed by atoms with Gasteiger partial charge in [0, 0.05) is 5.56 Å². The minimum atomic E-state index is -0.553. The molecule has 2 aromatic carbocycles. The molecule has 6 heteroatoms. The van der Waals surface area contributed by atoms with Crippen molar-refractivity contribution in [3.8, 4) is 0 Å². The SMILES string of the molecule is Nc1ccc(C(=O)OCc2cccc(F)c2Br)cc1Cl. The maximum atomic E-state index is 13.3. The molecule has 104 valence electrons. The highest BCUT2D eigenvalue weighted by molar-refractivity contribution is 9.10. The summed E-state index contributed by atoms with van der Waals surface area (Å²) in [6, 6.07) is 9.00. The van der Waals surface area contributed by atoms with E-state index < -0.39 is 11.8 Å². The van der Waals surface area contributed by atoms with Crippen LogP contribution in [0.2, 0.25) is 5.02 Å². The van der Waals surface area contributed by atoms with Crippen LogP contribution in [0.1, 0.15) is 15.9 Å². The first-order valence-corrected chi connectivity index (χ1v) is 6.81. The zero-order valence-corrected chi connectivity index (χ0v) is 12.5. The molecule has 0 unspecified atom stereocenters. The highest BCUT2D eigenvalue weighted by atomic mass is 79.9. The summed E-state index contributed by atoms with van der Waals surface area (Å²) in [6.07, 6.45) is 0. The van der Waals surface area contributed by atoms with Crippen LogP contribution in [-0.2, 0) is 11.3 Å². The van der Waals surface area contributed by atoms with E-state index in [1.54, 1.807) is 12.1 Å². The Labute approximate surface area is 128 Å². The van der Waals surface area contributed by atoms with Gasteiger partial charge < -0.3 is 10.5 Å².